The lowest BCUT2D eigenvalue weighted by Crippen LogP contribution is -2.14. The number of nitrogens with zero attached hydrogens (tertiary/aromatic N) is 2. The van der Waals surface area contributed by atoms with Crippen LogP contribution in [0.1, 0.15) is 60.0 Å². The van der Waals surface area contributed by atoms with E-state index in [9.17, 15) is 26.3 Å². The molecule has 0 saturated carbocycles. The zero-order valence-electron chi connectivity index (χ0n) is 27.8. The lowest BCUT2D eigenvalue weighted by atomic mass is 9.85. The van der Waals surface area contributed by atoms with Gasteiger partial charge in [-0.25, -0.2) is 9.97 Å². The molecule has 6 nitrogen and oxygen atoms in total. The third-order valence-corrected chi connectivity index (χ3v) is 9.42. The first-order valence-corrected chi connectivity index (χ1v) is 17.1. The normalized spacial score (nSPS) is 12.0. The third kappa shape index (κ3) is 9.22. The summed E-state index contributed by atoms with van der Waals surface area (Å²) in [6.07, 6.45) is -8.94. The van der Waals surface area contributed by atoms with Crippen LogP contribution in [-0.4, -0.2) is 30.1 Å². The predicted molar refractivity (Wildman–Crippen MR) is 197 cm³/mol. The molecule has 0 bridgehead atoms. The molecule has 2 heterocycles. The first-order valence-electron chi connectivity index (χ1n) is 15.5. The molecule has 2 aromatic heterocycles. The Morgan fingerprint density at radius 3 is 1.17 bits per heavy atom. The lowest BCUT2D eigenvalue weighted by Gasteiger charge is -2.21. The van der Waals surface area contributed by atoms with Crippen molar-refractivity contribution in [2.24, 2.45) is 0 Å². The van der Waals surface area contributed by atoms with Crippen LogP contribution in [0.2, 0.25) is 0 Å². The van der Waals surface area contributed by atoms with Crippen molar-refractivity contribution in [3.63, 3.8) is 0 Å². The van der Waals surface area contributed by atoms with Crippen LogP contribution in [0.25, 0.3) is 22.5 Å². The summed E-state index contributed by atoms with van der Waals surface area (Å²) in [7, 11) is 0. The summed E-state index contributed by atoms with van der Waals surface area (Å²) in [5, 5.41) is 35.0. The molecule has 52 heavy (non-hydrogen) atoms. The van der Waals surface area contributed by atoms with Crippen molar-refractivity contribution in [3.8, 4) is 22.5 Å². The predicted octanol–water partition coefficient (Wildman–Crippen LogP) is 11.3. The van der Waals surface area contributed by atoms with Crippen LogP contribution in [0, 0.1) is 21.6 Å². The van der Waals surface area contributed by atoms with Gasteiger partial charge >= 0.3 is 12.4 Å². The van der Waals surface area contributed by atoms with Gasteiger partial charge in [0.2, 0.25) is 0 Å². The highest BCUT2D eigenvalue weighted by Crippen LogP contribution is 2.33. The average molecular weight is 749 g/mol. The number of nitrogens with one attached hydrogen (secondary N) is 4. The Balaban J connectivity index is 1.34. The highest BCUT2D eigenvalue weighted by molar-refractivity contribution is 8.27. The van der Waals surface area contributed by atoms with Gasteiger partial charge in [-0.3, -0.25) is 21.6 Å². The molecule has 0 amide bonds. The van der Waals surface area contributed by atoms with Gasteiger partial charge in [0.15, 0.2) is 0 Å². The van der Waals surface area contributed by atoms with Gasteiger partial charge < -0.3 is 0 Å². The molecule has 0 radical (unpaired) electrons. The van der Waals surface area contributed by atoms with Crippen LogP contribution in [0.3, 0.4) is 0 Å². The van der Waals surface area contributed by atoms with E-state index in [1.54, 1.807) is 54.6 Å². The number of pyridine rings is 2. The van der Waals surface area contributed by atoms with Gasteiger partial charge in [0.25, 0.3) is 0 Å². The Labute approximate surface area is 304 Å². The van der Waals surface area contributed by atoms with Crippen molar-refractivity contribution in [1.29, 1.82) is 21.6 Å². The first-order chi connectivity index (χ1) is 24.3. The van der Waals surface area contributed by atoms with Crippen LogP contribution < -0.4 is 0 Å². The lowest BCUT2D eigenvalue weighted by molar-refractivity contribution is -0.138. The van der Waals surface area contributed by atoms with Gasteiger partial charge in [0.1, 0.15) is 20.2 Å². The summed E-state index contributed by atoms with van der Waals surface area (Å²) in [5.74, 6) is 0. The Hall–Kier alpha value is -5.08. The smallest absolute Gasteiger partial charge is 0.293 e. The minimum Gasteiger partial charge on any atom is -0.293 e. The molecule has 266 valence electrons. The van der Waals surface area contributed by atoms with Gasteiger partial charge in [-0.1, -0.05) is 57.2 Å². The standard InChI is InChI=1S/C38H30F6N6S2/c1-36(2,3)27-19-23(32(45)51-34(47)30-8-4-6-28(49-30)21-10-14-25(15-11-21)37(39,40)41)18-24(20-27)33(46)52-35(48)31-9-5-7-29(50-31)22-12-16-26(17-13-22)38(42,43)44/h4-20,45-48H,1-3H3. The highest BCUT2D eigenvalue weighted by Gasteiger charge is 2.31. The van der Waals surface area contributed by atoms with Gasteiger partial charge in [-0.05, 0) is 101 Å². The third-order valence-electron chi connectivity index (χ3n) is 7.71. The van der Waals surface area contributed by atoms with Gasteiger partial charge in [0, 0.05) is 22.3 Å². The topological polar surface area (TPSA) is 121 Å². The van der Waals surface area contributed by atoms with Crippen molar-refractivity contribution in [1.82, 2.24) is 9.97 Å². The Morgan fingerprint density at radius 2 is 0.846 bits per heavy atom. The fourth-order valence-electron chi connectivity index (χ4n) is 4.85. The molecular weight excluding hydrogens is 719 g/mol. The summed E-state index contributed by atoms with van der Waals surface area (Å²) in [6.45, 7) is 5.92. The molecule has 5 aromatic rings. The second-order valence-electron chi connectivity index (χ2n) is 12.5. The molecule has 14 heteroatoms. The van der Waals surface area contributed by atoms with E-state index >= 15 is 0 Å². The number of aromatic nitrogens is 2. The number of halogens is 6. The second kappa shape index (κ2) is 14.9. The summed E-state index contributed by atoms with van der Waals surface area (Å²) >= 11 is 1.66. The molecular formula is C38H30F6N6S2. The van der Waals surface area contributed by atoms with Crippen LogP contribution in [0.15, 0.2) is 103 Å². The van der Waals surface area contributed by atoms with E-state index in [1.165, 1.54) is 24.3 Å². The fraction of sp³-hybridized carbons (Fsp3) is 0.158. The van der Waals surface area contributed by atoms with Crippen LogP contribution in [-0.2, 0) is 17.8 Å². The Kier molecular flexibility index (Phi) is 10.9. The van der Waals surface area contributed by atoms with Crippen LogP contribution in [0.4, 0.5) is 26.3 Å². The van der Waals surface area contributed by atoms with Gasteiger partial charge in [-0.15, -0.1) is 0 Å². The maximum absolute atomic E-state index is 13.0. The van der Waals surface area contributed by atoms with Crippen molar-refractivity contribution in [2.45, 2.75) is 38.5 Å². The van der Waals surface area contributed by atoms with Gasteiger partial charge in [0.05, 0.1) is 33.9 Å². The maximum Gasteiger partial charge on any atom is 0.416 e. The highest BCUT2D eigenvalue weighted by atomic mass is 32.2. The summed E-state index contributed by atoms with van der Waals surface area (Å²) in [6, 6.07) is 24.0. The fourth-order valence-corrected chi connectivity index (χ4v) is 6.17. The number of alkyl halides is 6. The number of benzene rings is 3. The Morgan fingerprint density at radius 1 is 0.481 bits per heavy atom. The van der Waals surface area contributed by atoms with E-state index in [0.29, 0.717) is 33.6 Å². The summed E-state index contributed by atoms with van der Waals surface area (Å²) in [4.78, 5) is 8.90. The van der Waals surface area contributed by atoms with Crippen molar-refractivity contribution in [2.75, 3.05) is 0 Å². The van der Waals surface area contributed by atoms with Crippen molar-refractivity contribution < 1.29 is 26.3 Å². The monoisotopic (exact) mass is 748 g/mol. The molecule has 0 aliphatic carbocycles. The molecule has 0 fully saturated rings. The van der Waals surface area contributed by atoms with E-state index in [1.807, 2.05) is 20.8 Å². The first kappa shape index (κ1) is 38.2. The second-order valence-corrected chi connectivity index (χ2v) is 14.6. The molecule has 0 aliphatic rings. The minimum atomic E-state index is -4.47. The Bertz CT molecular complexity index is 2030. The number of hydrogen-bond donors (Lipinski definition) is 4. The van der Waals surface area contributed by atoms with E-state index in [2.05, 4.69) is 9.97 Å². The zero-order chi connectivity index (χ0) is 38.0. The van der Waals surface area contributed by atoms with Crippen LogP contribution in [0.5, 0.6) is 0 Å². The zero-order valence-corrected chi connectivity index (χ0v) is 29.4. The number of thioether (sulfide) groups is 2. The summed E-state index contributed by atoms with van der Waals surface area (Å²) < 4.78 is 78.1. The average Bonchev–Trinajstić information content (AvgIpc) is 3.10. The maximum atomic E-state index is 13.0. The number of hydrogen-bond acceptors (Lipinski definition) is 8. The quantitative estimate of drug-likeness (QED) is 0.0784. The van der Waals surface area contributed by atoms with E-state index < -0.39 is 28.9 Å². The van der Waals surface area contributed by atoms with E-state index in [-0.39, 0.29) is 31.6 Å². The summed E-state index contributed by atoms with van der Waals surface area (Å²) in [5.41, 5.74) is 1.76. The molecule has 4 N–H and O–H groups in total. The van der Waals surface area contributed by atoms with Crippen LogP contribution >= 0.6 is 23.5 Å². The molecule has 0 atom stereocenters. The SMILES string of the molecule is CC(C)(C)c1cc(C(=N)SC(=N)c2cccc(-c3ccc(C(F)(F)F)cc3)n2)cc(C(=N)SC(=N)c2cccc(-c3ccc(C(F)(F)F)cc3)n2)c1. The molecule has 0 saturated heterocycles. The molecule has 0 spiro atoms. The van der Waals surface area contributed by atoms with Gasteiger partial charge in [-0.2, -0.15) is 26.3 Å². The molecule has 0 unspecified atom stereocenters. The van der Waals surface area contributed by atoms with Crippen molar-refractivity contribution in [3.05, 3.63) is 142 Å². The molecule has 0 aliphatic heterocycles. The van der Waals surface area contributed by atoms with E-state index in [0.717, 1.165) is 53.4 Å². The minimum absolute atomic E-state index is 0.00197. The van der Waals surface area contributed by atoms with E-state index in [4.69, 9.17) is 21.6 Å². The van der Waals surface area contributed by atoms with Crippen molar-refractivity contribution >= 4 is 43.7 Å². The number of rotatable bonds is 6. The largest absolute Gasteiger partial charge is 0.416 e. The molecule has 3 aromatic carbocycles. The molecule has 5 rings (SSSR count).